The van der Waals surface area contributed by atoms with E-state index in [1.54, 1.807) is 0 Å². The first-order valence-electron chi connectivity index (χ1n) is 11.0. The van der Waals surface area contributed by atoms with Crippen molar-refractivity contribution < 1.29 is 29.2 Å². The van der Waals surface area contributed by atoms with E-state index < -0.39 is 12.2 Å². The maximum absolute atomic E-state index is 9.95. The average molecular weight is 429 g/mol. The van der Waals surface area contributed by atoms with E-state index in [0.717, 1.165) is 24.7 Å². The molecule has 0 bridgehead atoms. The quantitative estimate of drug-likeness (QED) is 0.506. The summed E-state index contributed by atoms with van der Waals surface area (Å²) in [4.78, 5) is 0. The van der Waals surface area contributed by atoms with Gasteiger partial charge in [-0.2, -0.15) is 0 Å². The first kappa shape index (κ1) is 22.1. The molecule has 2 aliphatic rings. The molecule has 4 unspecified atom stereocenters. The average Bonchev–Trinajstić information content (AvgIpc) is 3.69. The van der Waals surface area contributed by atoms with Gasteiger partial charge in [-0.3, -0.25) is 0 Å². The molecule has 2 fully saturated rings. The topological polar surface area (TPSA) is 84.0 Å². The zero-order chi connectivity index (χ0) is 21.8. The largest absolute Gasteiger partial charge is 0.491 e. The molecule has 2 N–H and O–H groups in total. The molecule has 2 aromatic rings. The summed E-state index contributed by atoms with van der Waals surface area (Å²) >= 11 is 0. The van der Waals surface area contributed by atoms with Gasteiger partial charge in [-0.05, 0) is 35.4 Å². The summed E-state index contributed by atoms with van der Waals surface area (Å²) < 4.78 is 21.7. The first-order valence-corrected chi connectivity index (χ1v) is 11.0. The highest BCUT2D eigenvalue weighted by Gasteiger charge is 2.27. The van der Waals surface area contributed by atoms with Crippen molar-refractivity contribution in [2.45, 2.75) is 56.5 Å². The predicted octanol–water partition coefficient (Wildman–Crippen LogP) is 3.07. The van der Waals surface area contributed by atoms with E-state index in [-0.39, 0.29) is 30.8 Å². The van der Waals surface area contributed by atoms with Crippen molar-refractivity contribution in [3.8, 4) is 11.5 Å². The smallest absolute Gasteiger partial charge is 0.119 e. The minimum Gasteiger partial charge on any atom is -0.491 e. The number of rotatable bonds is 12. The highest BCUT2D eigenvalue weighted by molar-refractivity contribution is 5.41. The van der Waals surface area contributed by atoms with Gasteiger partial charge in [0.2, 0.25) is 0 Å². The van der Waals surface area contributed by atoms with E-state index in [2.05, 4.69) is 38.1 Å². The zero-order valence-corrected chi connectivity index (χ0v) is 18.2. The normalized spacial score (nSPS) is 21.9. The summed E-state index contributed by atoms with van der Waals surface area (Å²) in [6.45, 7) is 6.38. The number of aliphatic hydroxyl groups is 2. The van der Waals surface area contributed by atoms with Gasteiger partial charge in [0.25, 0.3) is 0 Å². The summed E-state index contributed by atoms with van der Waals surface area (Å²) in [6, 6.07) is 16.0. The molecule has 2 heterocycles. The Morgan fingerprint density at radius 3 is 1.45 bits per heavy atom. The van der Waals surface area contributed by atoms with Crippen molar-refractivity contribution in [3.05, 3.63) is 59.7 Å². The molecule has 168 valence electrons. The van der Waals surface area contributed by atoms with Crippen molar-refractivity contribution >= 4 is 0 Å². The summed E-state index contributed by atoms with van der Waals surface area (Å²) in [5.74, 6) is 1.49. The van der Waals surface area contributed by atoms with Gasteiger partial charge in [0.15, 0.2) is 0 Å². The maximum Gasteiger partial charge on any atom is 0.119 e. The van der Waals surface area contributed by atoms with Crippen LogP contribution in [0.15, 0.2) is 48.5 Å². The molecule has 4 rings (SSSR count). The van der Waals surface area contributed by atoms with Crippen LogP contribution in [0.1, 0.15) is 37.8 Å². The molecule has 0 aliphatic carbocycles. The van der Waals surface area contributed by atoms with Crippen LogP contribution in [0.4, 0.5) is 0 Å². The van der Waals surface area contributed by atoms with Gasteiger partial charge in [0.05, 0.1) is 37.6 Å². The van der Waals surface area contributed by atoms with Gasteiger partial charge in [-0.25, -0.2) is 0 Å². The second-order valence-corrected chi connectivity index (χ2v) is 8.99. The van der Waals surface area contributed by atoms with Crippen LogP contribution in [0.3, 0.4) is 0 Å². The lowest BCUT2D eigenvalue weighted by molar-refractivity contribution is 0.0923. The molecule has 6 nitrogen and oxygen atoms in total. The third kappa shape index (κ3) is 6.43. The van der Waals surface area contributed by atoms with Crippen LogP contribution in [-0.2, 0) is 14.9 Å². The number of benzene rings is 2. The first-order chi connectivity index (χ1) is 14.9. The lowest BCUT2D eigenvalue weighted by Crippen LogP contribution is -2.21. The second kappa shape index (κ2) is 9.57. The molecule has 2 aliphatic heterocycles. The summed E-state index contributed by atoms with van der Waals surface area (Å²) in [5.41, 5.74) is 2.14. The lowest BCUT2D eigenvalue weighted by Gasteiger charge is -2.26. The van der Waals surface area contributed by atoms with Crippen molar-refractivity contribution in [1.82, 2.24) is 0 Å². The van der Waals surface area contributed by atoms with Gasteiger partial charge in [0.1, 0.15) is 24.7 Å². The zero-order valence-electron chi connectivity index (χ0n) is 18.2. The maximum atomic E-state index is 9.95. The molecule has 0 radical (unpaired) electrons. The molecule has 6 heteroatoms. The summed E-state index contributed by atoms with van der Waals surface area (Å²) in [6.07, 6.45) is 0.624. The number of hydrogen-bond acceptors (Lipinski definition) is 6. The number of ether oxygens (including phenoxy) is 4. The van der Waals surface area contributed by atoms with E-state index in [0.29, 0.717) is 12.8 Å². The Labute approximate surface area is 183 Å². The van der Waals surface area contributed by atoms with Crippen LogP contribution in [0, 0.1) is 0 Å². The van der Waals surface area contributed by atoms with Gasteiger partial charge in [0, 0.05) is 18.3 Å². The number of hydrogen-bond donors (Lipinski definition) is 2. The van der Waals surface area contributed by atoms with E-state index in [9.17, 15) is 10.2 Å². The van der Waals surface area contributed by atoms with Crippen LogP contribution in [0.25, 0.3) is 0 Å². The Kier molecular flexibility index (Phi) is 6.82. The molecule has 2 saturated heterocycles. The number of aliphatic hydroxyl groups excluding tert-OH is 2. The molecule has 0 aromatic heterocycles. The van der Waals surface area contributed by atoms with Crippen LogP contribution in [0.5, 0.6) is 11.5 Å². The molecule has 0 amide bonds. The Bertz CT molecular complexity index is 755. The third-order valence-corrected chi connectivity index (χ3v) is 5.91. The SMILES string of the molecule is CC(C)(c1ccc(OCC(O)CC2CO2)cc1)c1ccc(OCC(O)CC2CO2)cc1. The molecule has 2 aromatic carbocycles. The fourth-order valence-corrected chi connectivity index (χ4v) is 3.64. The van der Waals surface area contributed by atoms with Gasteiger partial charge in [-0.15, -0.1) is 0 Å². The van der Waals surface area contributed by atoms with Crippen molar-refractivity contribution in [3.63, 3.8) is 0 Å². The van der Waals surface area contributed by atoms with Crippen LogP contribution in [-0.4, -0.2) is 61.1 Å². The fourth-order valence-electron chi connectivity index (χ4n) is 3.64. The monoisotopic (exact) mass is 428 g/mol. The van der Waals surface area contributed by atoms with E-state index in [1.807, 2.05) is 24.3 Å². The van der Waals surface area contributed by atoms with Crippen molar-refractivity contribution in [2.75, 3.05) is 26.4 Å². The van der Waals surface area contributed by atoms with Gasteiger partial charge in [-0.1, -0.05) is 38.1 Å². The lowest BCUT2D eigenvalue weighted by atomic mass is 9.78. The predicted molar refractivity (Wildman–Crippen MR) is 117 cm³/mol. The Hall–Kier alpha value is -2.12. The molecule has 0 saturated carbocycles. The molecular formula is C25H32O6. The summed E-state index contributed by atoms with van der Waals surface area (Å²) in [7, 11) is 0. The Balaban J connectivity index is 1.30. The Morgan fingerprint density at radius 2 is 1.13 bits per heavy atom. The van der Waals surface area contributed by atoms with Crippen molar-refractivity contribution in [1.29, 1.82) is 0 Å². The van der Waals surface area contributed by atoms with Gasteiger partial charge < -0.3 is 29.2 Å². The fraction of sp³-hybridized carbons (Fsp3) is 0.520. The molecule has 31 heavy (non-hydrogen) atoms. The standard InChI is InChI=1S/C25H32O6/c1-25(2,17-3-7-21(8-4-17)28-13-19(26)11-23-15-30-23)18-5-9-22(10-6-18)29-14-20(27)12-24-16-31-24/h3-10,19-20,23-24,26-27H,11-16H2,1-2H3. The van der Waals surface area contributed by atoms with Crippen molar-refractivity contribution in [2.24, 2.45) is 0 Å². The second-order valence-electron chi connectivity index (χ2n) is 8.99. The minimum atomic E-state index is -0.507. The highest BCUT2D eigenvalue weighted by atomic mass is 16.6. The highest BCUT2D eigenvalue weighted by Crippen LogP contribution is 2.33. The number of epoxide rings is 2. The summed E-state index contributed by atoms with van der Waals surface area (Å²) in [5, 5.41) is 19.9. The van der Waals surface area contributed by atoms with Crippen LogP contribution >= 0.6 is 0 Å². The molecule has 0 spiro atoms. The third-order valence-electron chi connectivity index (χ3n) is 5.91. The van der Waals surface area contributed by atoms with E-state index >= 15 is 0 Å². The molecule has 4 atom stereocenters. The van der Waals surface area contributed by atoms with E-state index in [1.165, 1.54) is 11.1 Å². The van der Waals surface area contributed by atoms with Crippen LogP contribution in [0.2, 0.25) is 0 Å². The minimum absolute atomic E-state index is 0.192. The van der Waals surface area contributed by atoms with E-state index in [4.69, 9.17) is 18.9 Å². The molecular weight excluding hydrogens is 396 g/mol. The van der Waals surface area contributed by atoms with Crippen LogP contribution < -0.4 is 9.47 Å². The van der Waals surface area contributed by atoms with Gasteiger partial charge >= 0.3 is 0 Å². The Morgan fingerprint density at radius 1 is 0.774 bits per heavy atom.